The number of rotatable bonds is 8. The molecule has 8 rings (SSSR count). The third-order valence-corrected chi connectivity index (χ3v) is 13.5. The van der Waals surface area contributed by atoms with Crippen molar-refractivity contribution in [1.29, 1.82) is 0 Å². The van der Waals surface area contributed by atoms with Crippen LogP contribution in [0.2, 0.25) is 0 Å². The number of nitrogens with two attached hydrogens (primary N) is 1. The molecule has 304 valence electrons. The highest BCUT2D eigenvalue weighted by Crippen LogP contribution is 2.52. The van der Waals surface area contributed by atoms with E-state index in [9.17, 15) is 10.2 Å². The number of hydrogen-bond acceptors (Lipinski definition) is 7. The number of aliphatic hydroxyl groups excluding tert-OH is 1. The van der Waals surface area contributed by atoms with Gasteiger partial charge in [-0.25, -0.2) is 0 Å². The quantitative estimate of drug-likeness (QED) is 0.141. The molecule has 6 unspecified atom stereocenters. The van der Waals surface area contributed by atoms with Crippen molar-refractivity contribution >= 4 is 16.6 Å². The van der Waals surface area contributed by atoms with Crippen LogP contribution in [-0.4, -0.2) is 53.0 Å². The van der Waals surface area contributed by atoms with Gasteiger partial charge in [0, 0.05) is 40.8 Å². The second kappa shape index (κ2) is 17.4. The molecule has 8 heteroatoms. The van der Waals surface area contributed by atoms with E-state index in [2.05, 4.69) is 85.5 Å². The number of aryl methyl sites for hydroxylation is 2. The monoisotopic (exact) mass is 773 g/mol. The highest BCUT2D eigenvalue weighted by molar-refractivity contribution is 5.88. The number of nitrogens with one attached hydrogen (secondary N) is 1. The topological polar surface area (TPSA) is 111 Å². The van der Waals surface area contributed by atoms with Crippen molar-refractivity contribution in [3.05, 3.63) is 113 Å². The Hall–Kier alpha value is -4.08. The van der Waals surface area contributed by atoms with Gasteiger partial charge in [0.15, 0.2) is 11.5 Å². The number of dihydropyridines is 1. The number of nitrogens with zero attached hydrogens (tertiary/aromatic N) is 1. The van der Waals surface area contributed by atoms with Gasteiger partial charge in [0.25, 0.3) is 0 Å². The molecule has 8 nitrogen and oxygen atoms in total. The van der Waals surface area contributed by atoms with Crippen LogP contribution in [-0.2, 0) is 34.3 Å². The lowest BCUT2D eigenvalue weighted by atomic mass is 9.57. The maximum absolute atomic E-state index is 11.4. The first-order valence-corrected chi connectivity index (χ1v) is 21.7. The Kier molecular flexibility index (Phi) is 12.1. The maximum Gasteiger partial charge on any atom is 0.161 e. The number of ether oxygens (including phenoxy) is 3. The van der Waals surface area contributed by atoms with Crippen molar-refractivity contribution in [2.24, 2.45) is 23.5 Å². The number of phenols is 1. The van der Waals surface area contributed by atoms with Crippen LogP contribution in [0.1, 0.15) is 106 Å². The predicted octanol–water partition coefficient (Wildman–Crippen LogP) is 9.13. The number of phenolic OH excluding ortho intramolecular Hbond substituents is 1. The summed E-state index contributed by atoms with van der Waals surface area (Å²) in [4.78, 5) is 0. The molecule has 0 spiro atoms. The highest BCUT2D eigenvalue weighted by Gasteiger charge is 2.47. The molecule has 57 heavy (non-hydrogen) atoms. The van der Waals surface area contributed by atoms with Gasteiger partial charge in [-0.05, 0) is 121 Å². The smallest absolute Gasteiger partial charge is 0.161 e. The number of fused-ring (bicyclic) bond motifs is 7. The van der Waals surface area contributed by atoms with Crippen LogP contribution in [0.15, 0.2) is 84.7 Å². The van der Waals surface area contributed by atoms with E-state index in [4.69, 9.17) is 19.9 Å². The van der Waals surface area contributed by atoms with Gasteiger partial charge in [0.2, 0.25) is 0 Å². The van der Waals surface area contributed by atoms with E-state index in [1.807, 2.05) is 18.2 Å². The van der Waals surface area contributed by atoms with E-state index in [0.29, 0.717) is 56.0 Å². The fourth-order valence-corrected chi connectivity index (χ4v) is 10.1. The largest absolute Gasteiger partial charge is 0.504 e. The van der Waals surface area contributed by atoms with Crippen LogP contribution in [0, 0.1) is 17.8 Å². The first-order valence-electron chi connectivity index (χ1n) is 21.7. The van der Waals surface area contributed by atoms with E-state index in [-0.39, 0.29) is 30.0 Å². The molecule has 0 saturated carbocycles. The number of aromatic nitrogens is 1. The van der Waals surface area contributed by atoms with E-state index in [0.717, 1.165) is 78.4 Å². The summed E-state index contributed by atoms with van der Waals surface area (Å²) in [6.07, 6.45) is 18.0. The fourth-order valence-electron chi connectivity index (χ4n) is 10.1. The van der Waals surface area contributed by atoms with Crippen LogP contribution in [0.5, 0.6) is 11.5 Å². The van der Waals surface area contributed by atoms with Crippen molar-refractivity contribution in [3.63, 3.8) is 0 Å². The summed E-state index contributed by atoms with van der Waals surface area (Å²) in [5.41, 5.74) is 13.6. The van der Waals surface area contributed by atoms with Crippen LogP contribution < -0.4 is 15.8 Å². The van der Waals surface area contributed by atoms with Crippen molar-refractivity contribution in [2.75, 3.05) is 19.8 Å². The minimum Gasteiger partial charge on any atom is -0.504 e. The molecule has 4 bridgehead atoms. The summed E-state index contributed by atoms with van der Waals surface area (Å²) in [6, 6.07) is 19.3. The minimum atomic E-state index is -0.522. The van der Waals surface area contributed by atoms with Gasteiger partial charge in [-0.3, -0.25) is 0 Å². The van der Waals surface area contributed by atoms with Gasteiger partial charge in [0.05, 0.1) is 31.6 Å². The average molecular weight is 774 g/mol. The molecular weight excluding hydrogens is 711 g/mol. The molecule has 4 aliphatic rings. The summed E-state index contributed by atoms with van der Waals surface area (Å²) in [6.45, 7) is 9.05. The Balaban J connectivity index is 1.22. The van der Waals surface area contributed by atoms with Gasteiger partial charge < -0.3 is 40.0 Å². The molecule has 4 aromatic rings. The molecule has 4 heterocycles. The van der Waals surface area contributed by atoms with Gasteiger partial charge in [-0.2, -0.15) is 0 Å². The van der Waals surface area contributed by atoms with Gasteiger partial charge in [-0.1, -0.05) is 82.5 Å². The van der Waals surface area contributed by atoms with Crippen molar-refractivity contribution in [1.82, 2.24) is 9.88 Å². The van der Waals surface area contributed by atoms with Crippen molar-refractivity contribution in [3.8, 4) is 11.5 Å². The standard InChI is InChI=1S/C49H63N3O5/c1-4-33(10-9-32(2)3)12-18-42-26-41(53)17-11-34-13-19-45(54)46(23-34)57-30-38-25-40(49-21-22-55-31-39(49)16-14-35-7-5-6-8-44(35)49)24-37-27-52(28-43(37)38)48-36(29-56-42)15-20-47(50)51-48/h5-8,13,15,19-20,23-25,27-28,32-33,39,41-42,47,51,53-54H,4,9-12,14,16-18,21-22,26,29-31,50H2,1-3H3. The van der Waals surface area contributed by atoms with Crippen LogP contribution >= 0.6 is 0 Å². The molecule has 5 N–H and O–H groups in total. The summed E-state index contributed by atoms with van der Waals surface area (Å²) < 4.78 is 21.7. The lowest BCUT2D eigenvalue weighted by Gasteiger charge is -2.49. The zero-order chi connectivity index (χ0) is 39.5. The predicted molar refractivity (Wildman–Crippen MR) is 228 cm³/mol. The van der Waals surface area contributed by atoms with Crippen LogP contribution in [0.4, 0.5) is 0 Å². The van der Waals surface area contributed by atoms with E-state index in [1.54, 1.807) is 6.07 Å². The molecule has 3 aliphatic heterocycles. The van der Waals surface area contributed by atoms with Crippen LogP contribution in [0.3, 0.4) is 0 Å². The Bertz CT molecular complexity index is 2080. The molecule has 0 radical (unpaired) electrons. The van der Waals surface area contributed by atoms with Crippen LogP contribution in [0.25, 0.3) is 16.6 Å². The Labute approximate surface area is 339 Å². The molecule has 1 saturated heterocycles. The maximum atomic E-state index is 11.4. The second-order valence-corrected chi connectivity index (χ2v) is 17.7. The third-order valence-electron chi connectivity index (χ3n) is 13.5. The number of aromatic hydroxyl groups is 1. The lowest BCUT2D eigenvalue weighted by Crippen LogP contribution is -2.47. The lowest BCUT2D eigenvalue weighted by molar-refractivity contribution is 0.00498. The Morgan fingerprint density at radius 3 is 2.72 bits per heavy atom. The van der Waals surface area contributed by atoms with E-state index in [1.165, 1.54) is 29.5 Å². The van der Waals surface area contributed by atoms with Crippen molar-refractivity contribution in [2.45, 2.75) is 122 Å². The molecule has 1 fully saturated rings. The molecular formula is C49H63N3O5. The third kappa shape index (κ3) is 8.56. The zero-order valence-corrected chi connectivity index (χ0v) is 34.2. The van der Waals surface area contributed by atoms with Gasteiger partial charge in [0.1, 0.15) is 12.4 Å². The summed E-state index contributed by atoms with van der Waals surface area (Å²) in [7, 11) is 0. The average Bonchev–Trinajstić information content (AvgIpc) is 3.66. The first-order chi connectivity index (χ1) is 27.7. The zero-order valence-electron chi connectivity index (χ0n) is 34.2. The molecule has 1 aromatic heterocycles. The van der Waals surface area contributed by atoms with Gasteiger partial charge >= 0.3 is 0 Å². The molecule has 0 amide bonds. The number of hydrogen-bond donors (Lipinski definition) is 4. The normalized spacial score (nSPS) is 25.9. The second-order valence-electron chi connectivity index (χ2n) is 17.7. The number of aliphatic hydroxyl groups is 1. The Morgan fingerprint density at radius 2 is 1.86 bits per heavy atom. The SMILES string of the molecule is CCC(CCC(C)C)CCC1CC(O)CCc2ccc(O)c(c2)OCc2cc(C34CCOCC3CCc3ccccc34)cc3cn(cc23)C2=C(C=CC(N)N2)CO1. The summed E-state index contributed by atoms with van der Waals surface area (Å²) in [5, 5.41) is 28.2. The minimum absolute atomic E-state index is 0.0913. The summed E-state index contributed by atoms with van der Waals surface area (Å²) >= 11 is 0. The Morgan fingerprint density at radius 1 is 0.982 bits per heavy atom. The van der Waals surface area contributed by atoms with E-state index >= 15 is 0 Å². The molecule has 3 aromatic carbocycles. The summed E-state index contributed by atoms with van der Waals surface area (Å²) in [5.74, 6) is 3.16. The number of benzene rings is 3. The van der Waals surface area contributed by atoms with E-state index < -0.39 is 6.10 Å². The highest BCUT2D eigenvalue weighted by atomic mass is 16.5. The molecule has 6 atom stereocenters. The molecule has 1 aliphatic carbocycles. The fraction of sp³-hybridized carbons (Fsp3) is 0.510. The van der Waals surface area contributed by atoms with Crippen molar-refractivity contribution < 1.29 is 24.4 Å². The van der Waals surface area contributed by atoms with Gasteiger partial charge in [-0.15, -0.1) is 0 Å². The first kappa shape index (κ1) is 39.7.